The van der Waals surface area contributed by atoms with Crippen molar-refractivity contribution in [3.63, 3.8) is 0 Å². The Morgan fingerprint density at radius 1 is 1.25 bits per heavy atom. The van der Waals surface area contributed by atoms with Gasteiger partial charge in [-0.1, -0.05) is 0 Å². The van der Waals surface area contributed by atoms with Gasteiger partial charge in [0.15, 0.2) is 0 Å². The molecule has 0 amide bonds. The number of hydrogen-bond donors (Lipinski definition) is 1. The Hall–Kier alpha value is -1.71. The van der Waals surface area contributed by atoms with Crippen LogP contribution in [0.2, 0.25) is 0 Å². The number of fused-ring (bicyclic) bond motifs is 1. The van der Waals surface area contributed by atoms with Crippen LogP contribution in [0, 0.1) is 12.8 Å². The molecule has 2 heterocycles. The maximum atomic E-state index is 6.26. The van der Waals surface area contributed by atoms with E-state index in [0.29, 0.717) is 12.0 Å². The minimum Gasteiger partial charge on any atom is -0.397 e. The summed E-state index contributed by atoms with van der Waals surface area (Å²) in [6, 6.07) is 4.75. The van der Waals surface area contributed by atoms with Crippen LogP contribution in [0.4, 0.5) is 11.4 Å². The Bertz CT molecular complexity index is 641. The zero-order chi connectivity index (χ0) is 13.7. The quantitative estimate of drug-likeness (QED) is 0.853. The molecule has 1 atom stereocenters. The van der Waals surface area contributed by atoms with Crippen LogP contribution < -0.4 is 10.6 Å². The van der Waals surface area contributed by atoms with Crippen molar-refractivity contribution in [2.45, 2.75) is 31.7 Å². The summed E-state index contributed by atoms with van der Waals surface area (Å²) < 4.78 is 2.17. The van der Waals surface area contributed by atoms with Gasteiger partial charge in [-0.05, 0) is 50.7 Å². The topological polar surface area (TPSA) is 47.1 Å². The summed E-state index contributed by atoms with van der Waals surface area (Å²) in [6.07, 6.45) is 6.91. The highest BCUT2D eigenvalue weighted by Gasteiger charge is 2.27. The van der Waals surface area contributed by atoms with Crippen molar-refractivity contribution in [1.82, 2.24) is 9.78 Å². The van der Waals surface area contributed by atoms with Crippen LogP contribution >= 0.6 is 0 Å². The number of piperidine rings is 1. The molecule has 2 aliphatic rings. The average Bonchev–Trinajstić information content (AvgIpc) is 3.19. The largest absolute Gasteiger partial charge is 0.397 e. The number of nitrogen functional groups attached to an aromatic ring is 1. The number of anilines is 2. The normalized spacial score (nSPS) is 23.4. The first-order valence-corrected chi connectivity index (χ1v) is 7.58. The molecule has 1 saturated heterocycles. The number of nitrogens with two attached hydrogens (primary N) is 1. The molecule has 1 saturated carbocycles. The van der Waals surface area contributed by atoms with E-state index in [1.54, 1.807) is 0 Å². The number of nitrogens with zero attached hydrogens (tertiary/aromatic N) is 3. The molecule has 105 valence electrons. The van der Waals surface area contributed by atoms with Crippen LogP contribution in [-0.2, 0) is 0 Å². The van der Waals surface area contributed by atoms with Crippen molar-refractivity contribution in [2.75, 3.05) is 23.7 Å². The molecule has 2 fully saturated rings. The zero-order valence-electron chi connectivity index (χ0n) is 11.8. The standard InChI is InChI=1S/C16H21N4/c1-11-3-2-8-19(10-11)16-13-9-18-20(12-4-5-12)15(13)7-6-14(16)17/h6-7,9,11-12H,1-5,8,10,17H2/t11-/m1/s1. The lowest BCUT2D eigenvalue weighted by atomic mass is 9.99. The fourth-order valence-corrected chi connectivity index (χ4v) is 3.35. The van der Waals surface area contributed by atoms with Crippen molar-refractivity contribution in [3.8, 4) is 0 Å². The number of rotatable bonds is 2. The van der Waals surface area contributed by atoms with E-state index in [0.717, 1.165) is 18.8 Å². The van der Waals surface area contributed by atoms with E-state index in [1.165, 1.54) is 42.3 Å². The van der Waals surface area contributed by atoms with Crippen LogP contribution in [0.1, 0.15) is 31.7 Å². The maximum Gasteiger partial charge on any atom is 0.0711 e. The molecular weight excluding hydrogens is 248 g/mol. The van der Waals surface area contributed by atoms with Crippen LogP contribution in [0.25, 0.3) is 10.9 Å². The summed E-state index contributed by atoms with van der Waals surface area (Å²) in [5, 5.41) is 5.79. The van der Waals surface area contributed by atoms with Crippen LogP contribution in [0.15, 0.2) is 18.3 Å². The molecule has 4 heteroatoms. The Labute approximate surface area is 119 Å². The second-order valence-electron chi connectivity index (χ2n) is 6.21. The predicted octanol–water partition coefficient (Wildman–Crippen LogP) is 3.00. The van der Waals surface area contributed by atoms with E-state index in [4.69, 9.17) is 5.73 Å². The molecule has 2 N–H and O–H groups in total. The van der Waals surface area contributed by atoms with Gasteiger partial charge in [-0.15, -0.1) is 0 Å². The minimum atomic E-state index is 0.497. The van der Waals surface area contributed by atoms with Crippen molar-refractivity contribution in [2.24, 2.45) is 5.92 Å². The number of hydrogen-bond acceptors (Lipinski definition) is 3. The lowest BCUT2D eigenvalue weighted by Crippen LogP contribution is -2.34. The van der Waals surface area contributed by atoms with Gasteiger partial charge in [-0.2, -0.15) is 5.10 Å². The highest BCUT2D eigenvalue weighted by Crippen LogP contribution is 2.40. The summed E-state index contributed by atoms with van der Waals surface area (Å²) in [6.45, 7) is 6.29. The van der Waals surface area contributed by atoms with Gasteiger partial charge in [0, 0.05) is 18.5 Å². The van der Waals surface area contributed by atoms with Crippen molar-refractivity contribution in [1.29, 1.82) is 0 Å². The molecule has 0 bridgehead atoms. The number of aromatic nitrogens is 2. The van der Waals surface area contributed by atoms with E-state index in [2.05, 4.69) is 27.7 Å². The lowest BCUT2D eigenvalue weighted by molar-refractivity contribution is 0.483. The second kappa shape index (κ2) is 4.40. The van der Waals surface area contributed by atoms with E-state index >= 15 is 0 Å². The third-order valence-electron chi connectivity index (χ3n) is 4.51. The SMILES string of the molecule is [CH2][C@@H]1CCCN(c2c(N)ccc3c2cnn3C2CC2)C1. The van der Waals surface area contributed by atoms with Gasteiger partial charge in [0.05, 0.1) is 29.1 Å². The zero-order valence-corrected chi connectivity index (χ0v) is 11.8. The smallest absolute Gasteiger partial charge is 0.0711 e. The maximum absolute atomic E-state index is 6.26. The molecular formula is C16H21N4. The van der Waals surface area contributed by atoms with Crippen LogP contribution in [0.5, 0.6) is 0 Å². The molecule has 1 radical (unpaired) electrons. The van der Waals surface area contributed by atoms with Gasteiger partial charge in [0.2, 0.25) is 0 Å². The van der Waals surface area contributed by atoms with Gasteiger partial charge in [-0.25, -0.2) is 0 Å². The second-order valence-corrected chi connectivity index (χ2v) is 6.21. The summed E-state index contributed by atoms with van der Waals surface area (Å²) in [7, 11) is 0. The molecule has 1 aromatic heterocycles. The molecule has 20 heavy (non-hydrogen) atoms. The molecule has 1 aliphatic carbocycles. The van der Waals surface area contributed by atoms with Crippen molar-refractivity contribution >= 4 is 22.3 Å². The fourth-order valence-electron chi connectivity index (χ4n) is 3.35. The van der Waals surface area contributed by atoms with Crippen molar-refractivity contribution < 1.29 is 0 Å². The third kappa shape index (κ3) is 1.86. The summed E-state index contributed by atoms with van der Waals surface area (Å²) in [4.78, 5) is 2.40. The van der Waals surface area contributed by atoms with Gasteiger partial charge >= 0.3 is 0 Å². The Morgan fingerprint density at radius 2 is 2.10 bits per heavy atom. The highest BCUT2D eigenvalue weighted by molar-refractivity contribution is 5.98. The van der Waals surface area contributed by atoms with Crippen LogP contribution in [0.3, 0.4) is 0 Å². The third-order valence-corrected chi connectivity index (χ3v) is 4.51. The molecule has 1 aromatic carbocycles. The first-order chi connectivity index (χ1) is 9.74. The lowest BCUT2D eigenvalue weighted by Gasteiger charge is -2.33. The fraction of sp³-hybridized carbons (Fsp3) is 0.500. The molecule has 0 unspecified atom stereocenters. The highest BCUT2D eigenvalue weighted by atomic mass is 15.3. The molecule has 1 aliphatic heterocycles. The van der Waals surface area contributed by atoms with Gasteiger partial charge in [0.1, 0.15) is 0 Å². The Morgan fingerprint density at radius 3 is 2.85 bits per heavy atom. The Balaban J connectivity index is 1.82. The van der Waals surface area contributed by atoms with Crippen molar-refractivity contribution in [3.05, 3.63) is 25.3 Å². The van der Waals surface area contributed by atoms with E-state index in [1.807, 2.05) is 12.3 Å². The van der Waals surface area contributed by atoms with Gasteiger partial charge < -0.3 is 10.6 Å². The van der Waals surface area contributed by atoms with E-state index in [9.17, 15) is 0 Å². The van der Waals surface area contributed by atoms with Gasteiger partial charge in [0.25, 0.3) is 0 Å². The van der Waals surface area contributed by atoms with E-state index in [-0.39, 0.29) is 0 Å². The summed E-state index contributed by atoms with van der Waals surface area (Å²) >= 11 is 0. The minimum absolute atomic E-state index is 0.497. The molecule has 2 aromatic rings. The molecule has 4 rings (SSSR count). The molecule has 0 spiro atoms. The van der Waals surface area contributed by atoms with Gasteiger partial charge in [-0.3, -0.25) is 4.68 Å². The first kappa shape index (κ1) is 12.1. The Kier molecular flexibility index (Phi) is 2.65. The first-order valence-electron chi connectivity index (χ1n) is 7.58. The molecule has 4 nitrogen and oxygen atoms in total. The number of benzene rings is 1. The average molecular weight is 269 g/mol. The monoisotopic (exact) mass is 269 g/mol. The summed E-state index contributed by atoms with van der Waals surface area (Å²) in [5.41, 5.74) is 9.52. The summed E-state index contributed by atoms with van der Waals surface area (Å²) in [5.74, 6) is 0.497. The van der Waals surface area contributed by atoms with Crippen LogP contribution in [-0.4, -0.2) is 22.9 Å². The predicted molar refractivity (Wildman–Crippen MR) is 82.7 cm³/mol. The van der Waals surface area contributed by atoms with E-state index < -0.39 is 0 Å².